The Kier molecular flexibility index (Phi) is 21.7. The molecule has 4 aliphatic rings. The van der Waals surface area contributed by atoms with E-state index in [1.54, 1.807) is 26.0 Å². The molecule has 3 aromatic carbocycles. The molecule has 0 atom stereocenters. The number of carbonyl (C=O) groups excluding carboxylic acids is 1. The quantitative estimate of drug-likeness (QED) is 0.0929. The maximum absolute atomic E-state index is 14.0. The van der Waals surface area contributed by atoms with E-state index in [1.165, 1.54) is 54.6 Å². The first-order valence-corrected chi connectivity index (χ1v) is 25.1. The fraction of sp³-hybridized carbons (Fsp3) is 0.549. The van der Waals surface area contributed by atoms with E-state index in [2.05, 4.69) is 20.4 Å². The van der Waals surface area contributed by atoms with Crippen molar-refractivity contribution < 1.29 is 41.2 Å². The van der Waals surface area contributed by atoms with E-state index in [0.717, 1.165) is 103 Å². The average molecular weight is 994 g/mol. The van der Waals surface area contributed by atoms with Gasteiger partial charge in [0.15, 0.2) is 0 Å². The highest BCUT2D eigenvalue weighted by atomic mass is 19.2. The lowest BCUT2D eigenvalue weighted by atomic mass is 9.82. The van der Waals surface area contributed by atoms with Gasteiger partial charge in [-0.2, -0.15) is 10.2 Å². The van der Waals surface area contributed by atoms with Gasteiger partial charge in [-0.1, -0.05) is 18.2 Å². The Hall–Kier alpha value is -4.40. The minimum atomic E-state index is -0.506. The second-order valence-electron chi connectivity index (χ2n) is 19.5. The number of nitrogens with zero attached hydrogens (tertiary/aromatic N) is 8. The highest BCUT2D eigenvalue weighted by Crippen LogP contribution is 2.26. The standard InChI is InChI=1S/C24H31F2N5O.C14H21BF2N2O.C13H19BF2N2O/c1-29(17-21-22(25)3-2-4-23(21)26)20-8-13-31(14-9-20)24(32)19-6-11-30(12-7-19)16-18-5-10-27-28-15-18;1-15(20)19-8-6-11(7-9-19)18(2)10-12-13(16)4-3-5-14(12)17;1-14(19)18-7-5-10(6-8-18)17-9-11-12(15)3-2-4-13(11)16/h2-5,10,15,19-20H,6-9,11-14,16-17H2,1H3;3-5,11,20H,6-10H2,1-2H3;2-4,10,17,19H,5-9H2,1H3. The van der Waals surface area contributed by atoms with Gasteiger partial charge in [0, 0.05) is 86.2 Å². The van der Waals surface area contributed by atoms with Crippen LogP contribution in [0.1, 0.15) is 73.6 Å². The van der Waals surface area contributed by atoms with Crippen LogP contribution < -0.4 is 5.32 Å². The first-order chi connectivity index (χ1) is 34.1. The number of rotatable bonds is 14. The summed E-state index contributed by atoms with van der Waals surface area (Å²) in [5.41, 5.74) is 1.49. The lowest BCUT2D eigenvalue weighted by molar-refractivity contribution is -0.138. The first-order valence-electron chi connectivity index (χ1n) is 25.1. The molecular weight excluding hydrogens is 922 g/mol. The Labute approximate surface area is 416 Å². The Morgan fingerprint density at radius 3 is 1.45 bits per heavy atom. The predicted molar refractivity (Wildman–Crippen MR) is 265 cm³/mol. The average Bonchev–Trinajstić information content (AvgIpc) is 3.37. The Morgan fingerprint density at radius 1 is 0.606 bits per heavy atom. The van der Waals surface area contributed by atoms with Gasteiger partial charge in [0.25, 0.3) is 0 Å². The van der Waals surface area contributed by atoms with Crippen LogP contribution in [0.15, 0.2) is 73.1 Å². The molecule has 4 aromatic rings. The van der Waals surface area contributed by atoms with Gasteiger partial charge in [0.2, 0.25) is 5.91 Å². The van der Waals surface area contributed by atoms with E-state index in [4.69, 9.17) is 0 Å². The fourth-order valence-electron chi connectivity index (χ4n) is 10.0. The summed E-state index contributed by atoms with van der Waals surface area (Å²) < 4.78 is 82.1. The van der Waals surface area contributed by atoms with Crippen molar-refractivity contribution in [3.63, 3.8) is 0 Å². The molecule has 71 heavy (non-hydrogen) atoms. The SMILES string of the molecule is CB(O)N1CCC(N(C)Cc2c(F)cccc2F)CC1.CB(O)N1CCC(NCc2c(F)cccc2F)CC1.CN(Cc1c(F)cccc1F)C1CCN(C(=O)C2CCN(Cc3ccnnc3)CC2)CC1. The molecule has 0 bridgehead atoms. The van der Waals surface area contributed by atoms with Crippen molar-refractivity contribution >= 4 is 20.0 Å². The molecule has 8 rings (SSSR count). The third-order valence-corrected chi connectivity index (χ3v) is 14.7. The first kappa shape index (κ1) is 55.9. The van der Waals surface area contributed by atoms with E-state index in [9.17, 15) is 41.2 Å². The maximum atomic E-state index is 14.0. The predicted octanol–water partition coefficient (Wildman–Crippen LogP) is 6.69. The number of aromatic nitrogens is 2. The summed E-state index contributed by atoms with van der Waals surface area (Å²) in [6.45, 7) is 11.5. The van der Waals surface area contributed by atoms with E-state index in [0.29, 0.717) is 19.1 Å². The van der Waals surface area contributed by atoms with Crippen LogP contribution in [0.5, 0.6) is 0 Å². The summed E-state index contributed by atoms with van der Waals surface area (Å²) in [5, 5.41) is 29.9. The number of carbonyl (C=O) groups is 1. The van der Waals surface area contributed by atoms with Crippen molar-refractivity contribution in [3.8, 4) is 0 Å². The number of halogens is 6. The van der Waals surface area contributed by atoms with Crippen LogP contribution in [0.25, 0.3) is 0 Å². The lowest BCUT2D eigenvalue weighted by Crippen LogP contribution is -2.48. The van der Waals surface area contributed by atoms with Crippen LogP contribution in [0.4, 0.5) is 26.3 Å². The molecule has 0 spiro atoms. The number of benzene rings is 3. The molecule has 4 fully saturated rings. The number of hydrogen-bond acceptors (Lipinski definition) is 11. The Bertz CT molecular complexity index is 2190. The van der Waals surface area contributed by atoms with Gasteiger partial charge in [-0.3, -0.25) is 19.5 Å². The van der Waals surface area contributed by atoms with Crippen LogP contribution in [-0.2, 0) is 31.0 Å². The van der Waals surface area contributed by atoms with E-state index in [-0.39, 0.29) is 60.2 Å². The molecule has 20 heteroatoms. The van der Waals surface area contributed by atoms with E-state index in [1.807, 2.05) is 44.5 Å². The van der Waals surface area contributed by atoms with Gasteiger partial charge in [0.1, 0.15) is 34.9 Å². The minimum Gasteiger partial charge on any atom is -0.437 e. The lowest BCUT2D eigenvalue weighted by Gasteiger charge is -2.39. The third kappa shape index (κ3) is 16.6. The van der Waals surface area contributed by atoms with Gasteiger partial charge in [-0.05, 0) is 166 Å². The zero-order valence-electron chi connectivity index (χ0n) is 41.7. The normalized spacial score (nSPS) is 18.3. The van der Waals surface area contributed by atoms with Crippen molar-refractivity contribution in [2.24, 2.45) is 5.92 Å². The van der Waals surface area contributed by atoms with Gasteiger partial charge < -0.3 is 29.9 Å². The molecule has 1 amide bonds. The second kappa shape index (κ2) is 27.6. The number of hydrogen-bond donors (Lipinski definition) is 3. The molecule has 0 aliphatic carbocycles. The number of amides is 1. The Balaban J connectivity index is 0.000000184. The molecule has 0 saturated carbocycles. The summed E-state index contributed by atoms with van der Waals surface area (Å²) in [4.78, 5) is 25.4. The highest BCUT2D eigenvalue weighted by molar-refractivity contribution is 6.45. The van der Waals surface area contributed by atoms with Crippen LogP contribution in [-0.4, -0.2) is 154 Å². The molecule has 3 N–H and O–H groups in total. The van der Waals surface area contributed by atoms with Crippen LogP contribution in [0, 0.1) is 40.8 Å². The molecule has 0 unspecified atom stereocenters. The molecule has 5 heterocycles. The highest BCUT2D eigenvalue weighted by Gasteiger charge is 2.33. The molecule has 4 aliphatic heterocycles. The zero-order chi connectivity index (χ0) is 51.0. The van der Waals surface area contributed by atoms with Crippen molar-refractivity contribution in [2.75, 3.05) is 66.5 Å². The van der Waals surface area contributed by atoms with Gasteiger partial charge in [-0.25, -0.2) is 26.3 Å². The van der Waals surface area contributed by atoms with Gasteiger partial charge in [0.05, 0.1) is 6.20 Å². The van der Waals surface area contributed by atoms with Crippen molar-refractivity contribution in [1.82, 2.24) is 44.7 Å². The summed E-state index contributed by atoms with van der Waals surface area (Å²) >= 11 is 0. The molecule has 0 radical (unpaired) electrons. The smallest absolute Gasteiger partial charge is 0.376 e. The number of piperidine rings is 4. The van der Waals surface area contributed by atoms with Crippen molar-refractivity contribution in [3.05, 3.63) is 130 Å². The fourth-order valence-corrected chi connectivity index (χ4v) is 10.0. The minimum absolute atomic E-state index is 0.0867. The van der Waals surface area contributed by atoms with Crippen molar-refractivity contribution in [2.45, 2.75) is 109 Å². The van der Waals surface area contributed by atoms with Gasteiger partial charge >= 0.3 is 14.1 Å². The molecule has 4 saturated heterocycles. The topological polar surface area (TPSA) is 115 Å². The third-order valence-electron chi connectivity index (χ3n) is 14.7. The molecule has 12 nitrogen and oxygen atoms in total. The summed E-state index contributed by atoms with van der Waals surface area (Å²) in [6, 6.07) is 14.6. The van der Waals surface area contributed by atoms with Crippen LogP contribution >= 0.6 is 0 Å². The van der Waals surface area contributed by atoms with Crippen LogP contribution in [0.2, 0.25) is 13.6 Å². The molecule has 386 valence electrons. The van der Waals surface area contributed by atoms with E-state index >= 15 is 0 Å². The Morgan fingerprint density at radius 2 is 1.03 bits per heavy atom. The molecule has 1 aromatic heterocycles. The van der Waals surface area contributed by atoms with Crippen molar-refractivity contribution in [1.29, 1.82) is 0 Å². The second-order valence-corrected chi connectivity index (χ2v) is 19.5. The maximum Gasteiger partial charge on any atom is 0.376 e. The largest absolute Gasteiger partial charge is 0.437 e. The molecular formula is C51H71B2F6N9O3. The monoisotopic (exact) mass is 994 g/mol. The summed E-state index contributed by atoms with van der Waals surface area (Å²) in [5.74, 6) is -2.65. The number of nitrogens with one attached hydrogen (secondary N) is 1. The van der Waals surface area contributed by atoms with Gasteiger partial charge in [-0.15, -0.1) is 0 Å². The summed E-state index contributed by atoms with van der Waals surface area (Å²) in [6.07, 6.45) is 10.5. The van der Waals surface area contributed by atoms with E-state index < -0.39 is 49.0 Å². The van der Waals surface area contributed by atoms with Crippen LogP contribution in [0.3, 0.4) is 0 Å². The zero-order valence-corrected chi connectivity index (χ0v) is 41.7. The number of likely N-dealkylation sites (tertiary alicyclic amines) is 2. The summed E-state index contributed by atoms with van der Waals surface area (Å²) in [7, 11) is 2.95.